The second kappa shape index (κ2) is 5.70. The molecule has 0 spiro atoms. The highest BCUT2D eigenvalue weighted by Crippen LogP contribution is 2.21. The molecule has 2 heteroatoms. The summed E-state index contributed by atoms with van der Waals surface area (Å²) < 4.78 is 5.80. The number of carbonyl (C=O) groups excluding carboxylic acids is 1. The van der Waals surface area contributed by atoms with Crippen molar-refractivity contribution in [2.24, 2.45) is 0 Å². The first-order valence-electron chi connectivity index (χ1n) is 6.35. The fourth-order valence-corrected chi connectivity index (χ4v) is 2.12. The fraction of sp³-hybridized carbons (Fsp3) is 0.235. The molecule has 98 valence electrons. The SMILES string of the molecule is Cc1ccc(OCc2c(C)cccc2C)c(C=O)c1. The van der Waals surface area contributed by atoms with Gasteiger partial charge in [-0.15, -0.1) is 0 Å². The number of hydrogen-bond donors (Lipinski definition) is 0. The lowest BCUT2D eigenvalue weighted by atomic mass is 10.0. The second-order valence-electron chi connectivity index (χ2n) is 4.82. The highest BCUT2D eigenvalue weighted by Gasteiger charge is 2.06. The van der Waals surface area contributed by atoms with Gasteiger partial charge < -0.3 is 4.74 Å². The molecule has 2 aromatic carbocycles. The summed E-state index contributed by atoms with van der Waals surface area (Å²) in [4.78, 5) is 11.0. The zero-order chi connectivity index (χ0) is 13.8. The first-order chi connectivity index (χ1) is 9.11. The van der Waals surface area contributed by atoms with Gasteiger partial charge in [-0.1, -0.05) is 29.8 Å². The fourth-order valence-electron chi connectivity index (χ4n) is 2.12. The van der Waals surface area contributed by atoms with Gasteiger partial charge in [0.15, 0.2) is 6.29 Å². The van der Waals surface area contributed by atoms with E-state index in [4.69, 9.17) is 4.74 Å². The quantitative estimate of drug-likeness (QED) is 0.771. The Hall–Kier alpha value is -2.09. The summed E-state index contributed by atoms with van der Waals surface area (Å²) in [5.74, 6) is 0.642. The van der Waals surface area contributed by atoms with Gasteiger partial charge in [0.25, 0.3) is 0 Å². The van der Waals surface area contributed by atoms with E-state index < -0.39 is 0 Å². The zero-order valence-electron chi connectivity index (χ0n) is 11.6. The van der Waals surface area contributed by atoms with Crippen molar-refractivity contribution in [3.8, 4) is 5.75 Å². The van der Waals surface area contributed by atoms with Crippen LogP contribution in [-0.2, 0) is 6.61 Å². The summed E-state index contributed by atoms with van der Waals surface area (Å²) in [7, 11) is 0. The zero-order valence-corrected chi connectivity index (χ0v) is 11.6. The van der Waals surface area contributed by atoms with Crippen LogP contribution >= 0.6 is 0 Å². The minimum absolute atomic E-state index is 0.488. The molecule has 0 N–H and O–H groups in total. The number of aryl methyl sites for hydroxylation is 3. The number of aldehydes is 1. The Morgan fingerprint density at radius 3 is 2.37 bits per heavy atom. The van der Waals surface area contributed by atoms with Crippen LogP contribution in [-0.4, -0.2) is 6.29 Å². The van der Waals surface area contributed by atoms with Gasteiger partial charge in [0, 0.05) is 0 Å². The average Bonchev–Trinajstić information content (AvgIpc) is 2.39. The number of benzene rings is 2. The lowest BCUT2D eigenvalue weighted by Crippen LogP contribution is -2.02. The molecule has 0 aromatic heterocycles. The van der Waals surface area contributed by atoms with Crippen molar-refractivity contribution in [2.75, 3.05) is 0 Å². The molecule has 0 aliphatic rings. The van der Waals surface area contributed by atoms with Crippen LogP contribution in [0.15, 0.2) is 36.4 Å². The molecule has 0 aliphatic heterocycles. The van der Waals surface area contributed by atoms with Crippen LogP contribution in [0.1, 0.15) is 32.6 Å². The Labute approximate surface area is 114 Å². The van der Waals surface area contributed by atoms with Crippen molar-refractivity contribution < 1.29 is 9.53 Å². The van der Waals surface area contributed by atoms with Gasteiger partial charge in [-0.2, -0.15) is 0 Å². The molecule has 19 heavy (non-hydrogen) atoms. The van der Waals surface area contributed by atoms with Gasteiger partial charge in [-0.05, 0) is 49.6 Å². The van der Waals surface area contributed by atoms with E-state index in [1.54, 1.807) is 0 Å². The van der Waals surface area contributed by atoms with Crippen LogP contribution in [0.3, 0.4) is 0 Å². The van der Waals surface area contributed by atoms with Gasteiger partial charge in [-0.25, -0.2) is 0 Å². The van der Waals surface area contributed by atoms with Crippen molar-refractivity contribution in [1.29, 1.82) is 0 Å². The summed E-state index contributed by atoms with van der Waals surface area (Å²) in [6, 6.07) is 11.8. The maximum atomic E-state index is 11.0. The molecule has 0 amide bonds. The molecule has 0 heterocycles. The molecule has 0 bridgehead atoms. The molecule has 2 rings (SSSR count). The summed E-state index contributed by atoms with van der Waals surface area (Å²) in [6.07, 6.45) is 0.840. The molecule has 0 saturated carbocycles. The van der Waals surface area contributed by atoms with Crippen LogP contribution in [0.4, 0.5) is 0 Å². The van der Waals surface area contributed by atoms with E-state index in [2.05, 4.69) is 26.0 Å². The van der Waals surface area contributed by atoms with E-state index >= 15 is 0 Å². The maximum Gasteiger partial charge on any atom is 0.153 e. The van der Waals surface area contributed by atoms with Gasteiger partial charge in [0.1, 0.15) is 12.4 Å². The van der Waals surface area contributed by atoms with E-state index in [1.807, 2.05) is 31.2 Å². The molecule has 0 fully saturated rings. The lowest BCUT2D eigenvalue weighted by molar-refractivity contribution is 0.111. The van der Waals surface area contributed by atoms with Crippen LogP contribution in [0, 0.1) is 20.8 Å². The van der Waals surface area contributed by atoms with E-state index in [-0.39, 0.29) is 0 Å². The molecule has 0 unspecified atom stereocenters. The van der Waals surface area contributed by atoms with Gasteiger partial charge >= 0.3 is 0 Å². The van der Waals surface area contributed by atoms with Crippen molar-refractivity contribution in [3.63, 3.8) is 0 Å². The minimum atomic E-state index is 0.488. The predicted molar refractivity (Wildman–Crippen MR) is 76.8 cm³/mol. The third kappa shape index (κ3) is 3.02. The summed E-state index contributed by atoms with van der Waals surface area (Å²) in [6.45, 7) is 6.59. The monoisotopic (exact) mass is 254 g/mol. The summed E-state index contributed by atoms with van der Waals surface area (Å²) in [5.41, 5.74) is 5.26. The van der Waals surface area contributed by atoms with Crippen molar-refractivity contribution in [2.45, 2.75) is 27.4 Å². The van der Waals surface area contributed by atoms with E-state index in [0.717, 1.165) is 11.8 Å². The molecule has 2 aromatic rings. The van der Waals surface area contributed by atoms with Gasteiger partial charge in [0.2, 0.25) is 0 Å². The molecule has 0 saturated heterocycles. The van der Waals surface area contributed by atoms with Crippen molar-refractivity contribution in [3.05, 3.63) is 64.2 Å². The number of rotatable bonds is 4. The van der Waals surface area contributed by atoms with E-state index in [0.29, 0.717) is 17.9 Å². The predicted octanol–water partition coefficient (Wildman–Crippen LogP) is 4.00. The van der Waals surface area contributed by atoms with Crippen LogP contribution in [0.25, 0.3) is 0 Å². The number of hydrogen-bond acceptors (Lipinski definition) is 2. The molecule has 0 aliphatic carbocycles. The third-order valence-electron chi connectivity index (χ3n) is 3.31. The molecule has 2 nitrogen and oxygen atoms in total. The molecular weight excluding hydrogens is 236 g/mol. The van der Waals surface area contributed by atoms with Crippen LogP contribution < -0.4 is 4.74 Å². The highest BCUT2D eigenvalue weighted by atomic mass is 16.5. The Bertz CT molecular complexity index is 580. The Morgan fingerprint density at radius 1 is 1.05 bits per heavy atom. The summed E-state index contributed by atoms with van der Waals surface area (Å²) in [5, 5.41) is 0. The van der Waals surface area contributed by atoms with Crippen molar-refractivity contribution >= 4 is 6.29 Å². The first kappa shape index (κ1) is 13.3. The Balaban J connectivity index is 2.21. The Morgan fingerprint density at radius 2 is 1.74 bits per heavy atom. The number of carbonyl (C=O) groups is 1. The van der Waals surface area contributed by atoms with Crippen LogP contribution in [0.5, 0.6) is 5.75 Å². The smallest absolute Gasteiger partial charge is 0.153 e. The minimum Gasteiger partial charge on any atom is -0.488 e. The lowest BCUT2D eigenvalue weighted by Gasteiger charge is -2.13. The Kier molecular flexibility index (Phi) is 4.00. The maximum absolute atomic E-state index is 11.0. The topological polar surface area (TPSA) is 26.3 Å². The average molecular weight is 254 g/mol. The van der Waals surface area contributed by atoms with E-state index in [1.165, 1.54) is 16.7 Å². The highest BCUT2D eigenvalue weighted by molar-refractivity contribution is 5.79. The largest absolute Gasteiger partial charge is 0.488 e. The normalized spacial score (nSPS) is 10.3. The first-order valence-corrected chi connectivity index (χ1v) is 6.35. The molecular formula is C17H18O2. The van der Waals surface area contributed by atoms with E-state index in [9.17, 15) is 4.79 Å². The van der Waals surface area contributed by atoms with Crippen molar-refractivity contribution in [1.82, 2.24) is 0 Å². The van der Waals surface area contributed by atoms with Crippen LogP contribution in [0.2, 0.25) is 0 Å². The summed E-state index contributed by atoms with van der Waals surface area (Å²) >= 11 is 0. The molecule has 0 radical (unpaired) electrons. The number of ether oxygens (including phenoxy) is 1. The second-order valence-corrected chi connectivity index (χ2v) is 4.82. The van der Waals surface area contributed by atoms with Gasteiger partial charge in [0.05, 0.1) is 5.56 Å². The molecule has 0 atom stereocenters. The third-order valence-corrected chi connectivity index (χ3v) is 3.31. The standard InChI is InChI=1S/C17H18O2/c1-12-7-8-17(15(9-12)10-18)19-11-16-13(2)5-4-6-14(16)3/h4-10H,11H2,1-3H3. The van der Waals surface area contributed by atoms with Gasteiger partial charge in [-0.3, -0.25) is 4.79 Å².